The van der Waals surface area contributed by atoms with Gasteiger partial charge >= 0.3 is 0 Å². The molecule has 72 valence electrons. The van der Waals surface area contributed by atoms with Gasteiger partial charge in [0.2, 0.25) is 0 Å². The van der Waals surface area contributed by atoms with Gasteiger partial charge in [-0.05, 0) is 13.8 Å². The van der Waals surface area contributed by atoms with Crippen molar-refractivity contribution in [3.05, 3.63) is 17.2 Å². The third kappa shape index (κ3) is 2.21. The van der Waals surface area contributed by atoms with Crippen LogP contribution in [-0.2, 0) is 4.74 Å². The van der Waals surface area contributed by atoms with Crippen molar-refractivity contribution in [2.45, 2.75) is 13.8 Å². The molecule has 0 radical (unpaired) electrons. The number of thiazole rings is 1. The van der Waals surface area contributed by atoms with Crippen molar-refractivity contribution in [1.82, 2.24) is 4.98 Å². The Balaban J connectivity index is 2.87. The largest absolute Gasteiger partial charge is 0.493 e. The molecular weight excluding hydrogens is 184 g/mol. The molecule has 0 fully saturated rings. The number of aromatic nitrogens is 1. The number of aryl methyl sites for hydroxylation is 1. The maximum Gasteiger partial charge on any atom is 0.183 e. The number of nitrogens with one attached hydrogen (secondary N) is 1. The minimum Gasteiger partial charge on any atom is -0.493 e. The molecule has 13 heavy (non-hydrogen) atoms. The van der Waals surface area contributed by atoms with Gasteiger partial charge in [0.15, 0.2) is 5.13 Å². The van der Waals surface area contributed by atoms with E-state index in [4.69, 9.17) is 4.74 Å². The van der Waals surface area contributed by atoms with Crippen LogP contribution in [0.1, 0.15) is 17.5 Å². The van der Waals surface area contributed by atoms with E-state index in [0.717, 1.165) is 15.7 Å². The Morgan fingerprint density at radius 1 is 1.69 bits per heavy atom. The van der Waals surface area contributed by atoms with E-state index in [1.807, 2.05) is 20.9 Å². The highest BCUT2D eigenvalue weighted by Gasteiger charge is 2.09. The Morgan fingerprint density at radius 3 is 2.85 bits per heavy atom. The number of hydrogen-bond acceptors (Lipinski definition) is 4. The van der Waals surface area contributed by atoms with Crippen LogP contribution in [0.2, 0.25) is 0 Å². The molecular formula is C9H14N2OS. The monoisotopic (exact) mass is 198 g/mol. The lowest BCUT2D eigenvalue weighted by Crippen LogP contribution is -1.89. The Bertz CT molecular complexity index is 307. The first kappa shape index (κ1) is 10.1. The molecule has 1 N–H and O–H groups in total. The summed E-state index contributed by atoms with van der Waals surface area (Å²) >= 11 is 1.56. The van der Waals surface area contributed by atoms with Crippen molar-refractivity contribution < 1.29 is 4.74 Å². The van der Waals surface area contributed by atoms with Crippen molar-refractivity contribution in [1.29, 1.82) is 0 Å². The quantitative estimate of drug-likeness (QED) is 0.755. The van der Waals surface area contributed by atoms with Gasteiger partial charge in [-0.2, -0.15) is 0 Å². The zero-order chi connectivity index (χ0) is 9.84. The summed E-state index contributed by atoms with van der Waals surface area (Å²) in [6, 6.07) is 0. The first-order valence-electron chi connectivity index (χ1n) is 4.16. The predicted molar refractivity (Wildman–Crippen MR) is 57.1 cm³/mol. The maximum absolute atomic E-state index is 5.31. The molecule has 1 aromatic heterocycles. The zero-order valence-corrected chi connectivity index (χ0v) is 8.99. The number of ether oxygens (including phenoxy) is 1. The molecule has 0 aliphatic heterocycles. The highest BCUT2D eigenvalue weighted by molar-refractivity contribution is 7.16. The van der Waals surface area contributed by atoms with Crippen molar-refractivity contribution in [2.75, 3.05) is 19.0 Å². The van der Waals surface area contributed by atoms with Crippen LogP contribution in [0.25, 0.3) is 5.76 Å². The molecule has 0 aromatic carbocycles. The van der Waals surface area contributed by atoms with Crippen LogP contribution in [-0.4, -0.2) is 18.6 Å². The molecule has 1 aromatic rings. The molecule has 0 amide bonds. The molecule has 1 heterocycles. The molecule has 0 aliphatic rings. The Morgan fingerprint density at radius 2 is 2.38 bits per heavy atom. The topological polar surface area (TPSA) is 34.1 Å². The normalized spacial score (nSPS) is 9.77. The first-order valence-corrected chi connectivity index (χ1v) is 4.98. The second-order valence-electron chi connectivity index (χ2n) is 2.54. The van der Waals surface area contributed by atoms with E-state index in [0.29, 0.717) is 12.4 Å². The Kier molecular flexibility index (Phi) is 3.31. The lowest BCUT2D eigenvalue weighted by atomic mass is 10.3. The number of nitrogens with zero attached hydrogens (tertiary/aromatic N) is 1. The summed E-state index contributed by atoms with van der Waals surface area (Å²) in [7, 11) is 1.85. The van der Waals surface area contributed by atoms with E-state index in [2.05, 4.69) is 16.9 Å². The average Bonchev–Trinajstić information content (AvgIpc) is 2.47. The van der Waals surface area contributed by atoms with Crippen LogP contribution in [0, 0.1) is 6.92 Å². The molecule has 0 unspecified atom stereocenters. The van der Waals surface area contributed by atoms with Crippen molar-refractivity contribution in [3.63, 3.8) is 0 Å². The standard InChI is InChI=1S/C9H14N2OS/c1-5-12-7(3)8-6(2)11-9(10-4)13-8/h3,5H2,1-2,4H3,(H,10,11). The van der Waals surface area contributed by atoms with Gasteiger partial charge in [-0.3, -0.25) is 0 Å². The van der Waals surface area contributed by atoms with E-state index in [9.17, 15) is 0 Å². The van der Waals surface area contributed by atoms with E-state index in [1.54, 1.807) is 11.3 Å². The molecule has 0 atom stereocenters. The SMILES string of the molecule is C=C(OCC)c1sc(NC)nc1C. The summed E-state index contributed by atoms with van der Waals surface area (Å²) in [5.41, 5.74) is 0.966. The summed E-state index contributed by atoms with van der Waals surface area (Å²) in [6.45, 7) is 8.39. The first-order chi connectivity index (χ1) is 6.19. The van der Waals surface area contributed by atoms with Crippen molar-refractivity contribution in [2.24, 2.45) is 0 Å². The minimum atomic E-state index is 0.644. The van der Waals surface area contributed by atoms with E-state index >= 15 is 0 Å². The van der Waals surface area contributed by atoms with Crippen molar-refractivity contribution in [3.8, 4) is 0 Å². The smallest absolute Gasteiger partial charge is 0.183 e. The van der Waals surface area contributed by atoms with E-state index < -0.39 is 0 Å². The van der Waals surface area contributed by atoms with Gasteiger partial charge in [0, 0.05) is 7.05 Å². The van der Waals surface area contributed by atoms with Crippen LogP contribution in [0.15, 0.2) is 6.58 Å². The fourth-order valence-corrected chi connectivity index (χ4v) is 1.85. The molecule has 0 saturated heterocycles. The van der Waals surface area contributed by atoms with Gasteiger partial charge in [0.1, 0.15) is 5.76 Å². The molecule has 4 heteroatoms. The van der Waals surface area contributed by atoms with Crippen LogP contribution in [0.5, 0.6) is 0 Å². The van der Waals surface area contributed by atoms with Crippen LogP contribution in [0.4, 0.5) is 5.13 Å². The number of rotatable bonds is 4. The third-order valence-corrected chi connectivity index (χ3v) is 2.80. The lowest BCUT2D eigenvalue weighted by molar-refractivity contribution is 0.300. The highest BCUT2D eigenvalue weighted by atomic mass is 32.1. The Labute approximate surface area is 82.5 Å². The average molecular weight is 198 g/mol. The van der Waals surface area contributed by atoms with Gasteiger partial charge in [0.05, 0.1) is 17.2 Å². The summed E-state index contributed by atoms with van der Waals surface area (Å²) < 4.78 is 5.31. The number of hydrogen-bond donors (Lipinski definition) is 1. The molecule has 0 saturated carbocycles. The highest BCUT2D eigenvalue weighted by Crippen LogP contribution is 2.28. The van der Waals surface area contributed by atoms with Crippen LogP contribution in [0.3, 0.4) is 0 Å². The molecule has 1 rings (SSSR count). The summed E-state index contributed by atoms with van der Waals surface area (Å²) in [5.74, 6) is 0.707. The van der Waals surface area contributed by atoms with Gasteiger partial charge in [-0.25, -0.2) is 4.98 Å². The molecule has 0 aliphatic carbocycles. The number of anilines is 1. The molecule has 0 spiro atoms. The van der Waals surface area contributed by atoms with Gasteiger partial charge in [0.25, 0.3) is 0 Å². The van der Waals surface area contributed by atoms with Gasteiger partial charge in [-0.15, -0.1) is 0 Å². The zero-order valence-electron chi connectivity index (χ0n) is 8.18. The van der Waals surface area contributed by atoms with E-state index in [-0.39, 0.29) is 0 Å². The van der Waals surface area contributed by atoms with Crippen molar-refractivity contribution >= 4 is 22.2 Å². The van der Waals surface area contributed by atoms with Crippen LogP contribution < -0.4 is 5.32 Å². The molecule has 0 bridgehead atoms. The van der Waals surface area contributed by atoms with Gasteiger partial charge < -0.3 is 10.1 Å². The van der Waals surface area contributed by atoms with Crippen LogP contribution >= 0.6 is 11.3 Å². The summed E-state index contributed by atoms with van der Waals surface area (Å²) in [4.78, 5) is 5.32. The van der Waals surface area contributed by atoms with Gasteiger partial charge in [-0.1, -0.05) is 17.9 Å². The third-order valence-electron chi connectivity index (χ3n) is 1.58. The second-order valence-corrected chi connectivity index (χ2v) is 3.54. The second kappa shape index (κ2) is 4.28. The summed E-state index contributed by atoms with van der Waals surface area (Å²) in [5, 5.41) is 3.89. The maximum atomic E-state index is 5.31. The lowest BCUT2D eigenvalue weighted by Gasteiger charge is -2.03. The summed E-state index contributed by atoms with van der Waals surface area (Å²) in [6.07, 6.45) is 0. The fourth-order valence-electron chi connectivity index (χ4n) is 1.00. The predicted octanol–water partition coefficient (Wildman–Crippen LogP) is 2.50. The van der Waals surface area contributed by atoms with E-state index in [1.165, 1.54) is 0 Å². The Hall–Kier alpha value is -1.03. The fraction of sp³-hybridized carbons (Fsp3) is 0.444. The molecule has 3 nitrogen and oxygen atoms in total. The minimum absolute atomic E-state index is 0.644.